The molecule has 0 spiro atoms. The van der Waals surface area contributed by atoms with Crippen LogP contribution in [0, 0.1) is 5.92 Å². The average molecular weight is 224 g/mol. The van der Waals surface area contributed by atoms with Crippen LogP contribution in [0.4, 0.5) is 4.39 Å². The van der Waals surface area contributed by atoms with Crippen molar-refractivity contribution in [3.8, 4) is 0 Å². The molecule has 0 aromatic carbocycles. The lowest BCUT2D eigenvalue weighted by Gasteiger charge is -2.22. The number of nitrogens with one attached hydrogen (secondary N) is 2. The number of carbonyl (C=O) groups is 1. The van der Waals surface area contributed by atoms with E-state index in [9.17, 15) is 9.18 Å². The van der Waals surface area contributed by atoms with Crippen LogP contribution in [0.2, 0.25) is 0 Å². The first kappa shape index (κ1) is 10.3. The van der Waals surface area contributed by atoms with Crippen LogP contribution in [0.5, 0.6) is 0 Å². The molecule has 0 bridgehead atoms. The van der Waals surface area contributed by atoms with Crippen molar-refractivity contribution in [1.29, 1.82) is 0 Å². The van der Waals surface area contributed by atoms with Gasteiger partial charge in [-0.1, -0.05) is 6.08 Å². The highest BCUT2D eigenvalue weighted by Crippen LogP contribution is 2.40. The second kappa shape index (κ2) is 3.84. The number of hydrogen-bond acceptors (Lipinski definition) is 2. The van der Waals surface area contributed by atoms with Gasteiger partial charge >= 0.3 is 0 Å². The van der Waals surface area contributed by atoms with Gasteiger partial charge in [-0.2, -0.15) is 0 Å². The Kier molecular flexibility index (Phi) is 2.46. The third kappa shape index (κ3) is 1.86. The molecule has 1 amide bonds. The standard InChI is InChI=1S/C12H17FN2O/c13-8-3-1-2-4-9(8)15-12(16)11-6-7-5-10(7)14-11/h3,7,9-11,14H,1-2,4-6H2,(H,15,16). The van der Waals surface area contributed by atoms with Gasteiger partial charge in [-0.15, -0.1) is 0 Å². The molecule has 1 aliphatic heterocycles. The first-order chi connectivity index (χ1) is 7.74. The van der Waals surface area contributed by atoms with E-state index in [1.807, 2.05) is 0 Å². The van der Waals surface area contributed by atoms with E-state index in [-0.39, 0.29) is 23.8 Å². The zero-order valence-electron chi connectivity index (χ0n) is 9.21. The fraction of sp³-hybridized carbons (Fsp3) is 0.750. The molecule has 88 valence electrons. The van der Waals surface area contributed by atoms with Crippen molar-refractivity contribution in [3.63, 3.8) is 0 Å². The summed E-state index contributed by atoms with van der Waals surface area (Å²) >= 11 is 0. The Balaban J connectivity index is 1.55. The summed E-state index contributed by atoms with van der Waals surface area (Å²) in [5.41, 5.74) is 0. The van der Waals surface area contributed by atoms with E-state index >= 15 is 0 Å². The first-order valence-electron chi connectivity index (χ1n) is 6.16. The lowest BCUT2D eigenvalue weighted by atomic mass is 10.0. The van der Waals surface area contributed by atoms with Gasteiger partial charge in [-0.05, 0) is 38.0 Å². The van der Waals surface area contributed by atoms with Gasteiger partial charge in [-0.3, -0.25) is 4.79 Å². The number of hydrogen-bond donors (Lipinski definition) is 2. The van der Waals surface area contributed by atoms with Crippen molar-refractivity contribution in [2.45, 2.75) is 50.2 Å². The fourth-order valence-corrected chi connectivity index (χ4v) is 2.78. The second-order valence-electron chi connectivity index (χ2n) is 5.14. The molecular weight excluding hydrogens is 207 g/mol. The Hall–Kier alpha value is -0.900. The molecule has 1 saturated carbocycles. The van der Waals surface area contributed by atoms with Crippen LogP contribution in [0.25, 0.3) is 0 Å². The normalized spacial score (nSPS) is 41.2. The molecular formula is C12H17FN2O. The highest BCUT2D eigenvalue weighted by molar-refractivity contribution is 5.83. The molecule has 3 rings (SSSR count). The van der Waals surface area contributed by atoms with E-state index in [1.165, 1.54) is 6.42 Å². The Morgan fingerprint density at radius 2 is 2.38 bits per heavy atom. The quantitative estimate of drug-likeness (QED) is 0.741. The fourth-order valence-electron chi connectivity index (χ4n) is 2.78. The predicted octanol–water partition coefficient (Wildman–Crippen LogP) is 1.26. The monoisotopic (exact) mass is 224 g/mol. The van der Waals surface area contributed by atoms with E-state index in [4.69, 9.17) is 0 Å². The Morgan fingerprint density at radius 1 is 1.50 bits per heavy atom. The highest BCUT2D eigenvalue weighted by atomic mass is 19.1. The Labute approximate surface area is 94.5 Å². The molecule has 4 atom stereocenters. The number of carbonyl (C=O) groups excluding carboxylic acids is 1. The first-order valence-corrected chi connectivity index (χ1v) is 6.16. The summed E-state index contributed by atoms with van der Waals surface area (Å²) < 4.78 is 13.4. The lowest BCUT2D eigenvalue weighted by Crippen LogP contribution is -2.47. The number of piperidine rings is 1. The van der Waals surface area contributed by atoms with Crippen LogP contribution in [0.15, 0.2) is 11.9 Å². The van der Waals surface area contributed by atoms with Crippen molar-refractivity contribution in [2.75, 3.05) is 0 Å². The molecule has 0 radical (unpaired) electrons. The van der Waals surface area contributed by atoms with Crippen molar-refractivity contribution >= 4 is 5.91 Å². The molecule has 1 heterocycles. The van der Waals surface area contributed by atoms with Crippen LogP contribution in [0.1, 0.15) is 32.1 Å². The van der Waals surface area contributed by atoms with Gasteiger partial charge in [0, 0.05) is 6.04 Å². The van der Waals surface area contributed by atoms with Gasteiger partial charge < -0.3 is 10.6 Å². The maximum atomic E-state index is 13.4. The summed E-state index contributed by atoms with van der Waals surface area (Å²) in [5, 5.41) is 6.09. The summed E-state index contributed by atoms with van der Waals surface area (Å²) in [6, 6.07) is 0.0981. The minimum absolute atomic E-state index is 0.0253. The van der Waals surface area contributed by atoms with Gasteiger partial charge in [0.1, 0.15) is 5.83 Å². The van der Waals surface area contributed by atoms with Gasteiger partial charge in [-0.25, -0.2) is 4.39 Å². The maximum Gasteiger partial charge on any atom is 0.237 e. The molecule has 2 fully saturated rings. The molecule has 3 aliphatic rings. The average Bonchev–Trinajstić information content (AvgIpc) is 2.89. The molecule has 1 saturated heterocycles. The molecule has 2 aliphatic carbocycles. The highest BCUT2D eigenvalue weighted by Gasteiger charge is 2.48. The minimum Gasteiger partial charge on any atom is -0.346 e. The second-order valence-corrected chi connectivity index (χ2v) is 5.14. The summed E-state index contributed by atoms with van der Waals surface area (Å²) in [7, 11) is 0. The van der Waals surface area contributed by atoms with Crippen LogP contribution in [-0.4, -0.2) is 24.0 Å². The van der Waals surface area contributed by atoms with Crippen molar-refractivity contribution in [3.05, 3.63) is 11.9 Å². The minimum atomic E-state index is -0.375. The predicted molar refractivity (Wildman–Crippen MR) is 58.4 cm³/mol. The molecule has 3 nitrogen and oxygen atoms in total. The zero-order chi connectivity index (χ0) is 11.1. The lowest BCUT2D eigenvalue weighted by molar-refractivity contribution is -0.123. The van der Waals surface area contributed by atoms with E-state index in [0.29, 0.717) is 12.0 Å². The van der Waals surface area contributed by atoms with Crippen LogP contribution >= 0.6 is 0 Å². The maximum absolute atomic E-state index is 13.4. The summed E-state index contributed by atoms with van der Waals surface area (Å²) in [4.78, 5) is 11.9. The number of fused-ring (bicyclic) bond motifs is 1. The van der Waals surface area contributed by atoms with E-state index in [1.54, 1.807) is 6.08 Å². The van der Waals surface area contributed by atoms with Gasteiger partial charge in [0.25, 0.3) is 0 Å². The SMILES string of the molecule is O=C(NC1CCCC=C1F)C1CC2CC2N1. The number of rotatable bonds is 2. The van der Waals surface area contributed by atoms with Gasteiger partial charge in [0.05, 0.1) is 12.1 Å². The Bertz CT molecular complexity index is 332. The summed E-state index contributed by atoms with van der Waals surface area (Å²) in [6.07, 6.45) is 6.21. The van der Waals surface area contributed by atoms with Crippen LogP contribution in [-0.2, 0) is 4.79 Å². The van der Waals surface area contributed by atoms with Crippen LogP contribution < -0.4 is 10.6 Å². The third-order valence-corrected chi connectivity index (χ3v) is 3.88. The van der Waals surface area contributed by atoms with E-state index in [2.05, 4.69) is 10.6 Å². The summed E-state index contributed by atoms with van der Waals surface area (Å²) in [5.74, 6) is 0.507. The van der Waals surface area contributed by atoms with Crippen molar-refractivity contribution in [2.24, 2.45) is 5.92 Å². The zero-order valence-corrected chi connectivity index (χ0v) is 9.21. The van der Waals surface area contributed by atoms with Crippen LogP contribution in [0.3, 0.4) is 0 Å². The number of allylic oxidation sites excluding steroid dienone is 1. The topological polar surface area (TPSA) is 41.1 Å². The largest absolute Gasteiger partial charge is 0.346 e. The van der Waals surface area contributed by atoms with Gasteiger partial charge in [0.15, 0.2) is 0 Å². The smallest absolute Gasteiger partial charge is 0.237 e. The molecule has 4 heteroatoms. The molecule has 2 N–H and O–H groups in total. The number of halogens is 1. The van der Waals surface area contributed by atoms with E-state index < -0.39 is 0 Å². The van der Waals surface area contributed by atoms with E-state index in [0.717, 1.165) is 25.7 Å². The number of amides is 1. The molecule has 4 unspecified atom stereocenters. The molecule has 16 heavy (non-hydrogen) atoms. The summed E-state index contributed by atoms with van der Waals surface area (Å²) in [6.45, 7) is 0. The van der Waals surface area contributed by atoms with Crippen molar-refractivity contribution < 1.29 is 9.18 Å². The molecule has 0 aromatic heterocycles. The van der Waals surface area contributed by atoms with Crippen molar-refractivity contribution in [1.82, 2.24) is 10.6 Å². The molecule has 0 aromatic rings. The third-order valence-electron chi connectivity index (χ3n) is 3.88. The van der Waals surface area contributed by atoms with Gasteiger partial charge in [0.2, 0.25) is 5.91 Å². The Morgan fingerprint density at radius 3 is 3.06 bits per heavy atom.